The zero-order valence-corrected chi connectivity index (χ0v) is 10.0. The van der Waals surface area contributed by atoms with Crippen LogP contribution in [0.4, 0.5) is 26.3 Å². The van der Waals surface area contributed by atoms with E-state index in [9.17, 15) is 35.9 Å². The van der Waals surface area contributed by atoms with Crippen LogP contribution in [0, 0.1) is 0 Å². The second-order valence-electron chi connectivity index (χ2n) is 2.33. The molecule has 0 fully saturated rings. The number of halogens is 6. The van der Waals surface area contributed by atoms with Crippen LogP contribution in [-0.4, -0.2) is 39.9 Å². The van der Waals surface area contributed by atoms with E-state index in [-0.39, 0.29) is 44.8 Å². The standard InChI is InChI=1S/C5H2F6O4.2Ag/c6-3(7,1(12)13)5(10,11)4(8,9)2(14)15;;/h(H,12,13)(H,14,15);;. The van der Waals surface area contributed by atoms with Gasteiger partial charge in [-0.15, -0.1) is 0 Å². The summed E-state index contributed by atoms with van der Waals surface area (Å²) in [6.45, 7) is 0. The fourth-order valence-electron chi connectivity index (χ4n) is 0.466. The van der Waals surface area contributed by atoms with Crippen LogP contribution in [0.25, 0.3) is 0 Å². The topological polar surface area (TPSA) is 74.6 Å². The first-order chi connectivity index (χ1) is 6.39. The van der Waals surface area contributed by atoms with Crippen molar-refractivity contribution in [2.24, 2.45) is 0 Å². The molecular weight excluding hydrogens is 454 g/mol. The van der Waals surface area contributed by atoms with Gasteiger partial charge >= 0.3 is 29.7 Å². The Labute approximate surface area is 120 Å². The number of hydrogen-bond donors (Lipinski definition) is 2. The van der Waals surface area contributed by atoms with Gasteiger partial charge in [0.05, 0.1) is 0 Å². The second kappa shape index (κ2) is 6.25. The molecule has 0 aromatic heterocycles. The number of rotatable bonds is 4. The van der Waals surface area contributed by atoms with Crippen molar-refractivity contribution in [3.8, 4) is 0 Å². The van der Waals surface area contributed by atoms with Gasteiger partial charge in [-0.2, -0.15) is 26.3 Å². The van der Waals surface area contributed by atoms with Gasteiger partial charge in [0.2, 0.25) is 0 Å². The molecule has 0 aromatic rings. The zero-order valence-electron chi connectivity index (χ0n) is 7.08. The normalized spacial score (nSPS) is 12.1. The van der Waals surface area contributed by atoms with Crippen LogP contribution in [0.3, 0.4) is 0 Å². The van der Waals surface area contributed by atoms with Gasteiger partial charge in [0.15, 0.2) is 0 Å². The minimum absolute atomic E-state index is 0. The molecule has 0 aliphatic heterocycles. The maximum Gasteiger partial charge on any atom is 0.411 e. The predicted molar refractivity (Wildman–Crippen MR) is 30.1 cm³/mol. The Balaban J connectivity index is -0.000000980. The molecule has 0 atom stereocenters. The molecular formula is C5H2Ag2F6O4. The number of aliphatic carboxylic acids is 2. The molecule has 2 radical (unpaired) electrons. The summed E-state index contributed by atoms with van der Waals surface area (Å²) in [5.41, 5.74) is 0. The van der Waals surface area contributed by atoms with Crippen molar-refractivity contribution in [2.75, 3.05) is 0 Å². The summed E-state index contributed by atoms with van der Waals surface area (Å²) in [5, 5.41) is 15.1. The minimum atomic E-state index is -6.53. The first kappa shape index (κ1) is 22.2. The number of hydrogen-bond acceptors (Lipinski definition) is 2. The molecule has 0 spiro atoms. The maximum absolute atomic E-state index is 12.2. The largest absolute Gasteiger partial charge is 0.477 e. The minimum Gasteiger partial charge on any atom is -0.477 e. The fourth-order valence-corrected chi connectivity index (χ4v) is 0.466. The van der Waals surface area contributed by atoms with E-state index in [0.717, 1.165) is 0 Å². The van der Waals surface area contributed by atoms with Crippen LogP contribution >= 0.6 is 0 Å². The molecule has 0 saturated heterocycles. The SMILES string of the molecule is O=C(O)C(F)(F)C(F)(F)C(F)(F)C(=O)O.[Ag].[Ag]. The molecule has 0 unspecified atom stereocenters. The predicted octanol–water partition coefficient (Wildman–Crippen LogP) is 1.06. The van der Waals surface area contributed by atoms with Crippen molar-refractivity contribution in [3.05, 3.63) is 0 Å². The van der Waals surface area contributed by atoms with E-state index >= 15 is 0 Å². The van der Waals surface area contributed by atoms with Gasteiger partial charge in [0.25, 0.3) is 0 Å². The van der Waals surface area contributed by atoms with Gasteiger partial charge in [-0.3, -0.25) is 0 Å². The Kier molecular flexibility index (Phi) is 8.16. The van der Waals surface area contributed by atoms with Crippen LogP contribution < -0.4 is 0 Å². The molecule has 4 nitrogen and oxygen atoms in total. The first-order valence-corrected chi connectivity index (χ1v) is 2.99. The first-order valence-electron chi connectivity index (χ1n) is 2.99. The molecule has 0 aliphatic carbocycles. The molecule has 17 heavy (non-hydrogen) atoms. The molecule has 0 heterocycles. The average molecular weight is 456 g/mol. The zero-order chi connectivity index (χ0) is 12.7. The van der Waals surface area contributed by atoms with Gasteiger partial charge < -0.3 is 10.2 Å². The number of alkyl halides is 6. The molecule has 0 rings (SSSR count). The number of carbonyl (C=O) groups is 2. The van der Waals surface area contributed by atoms with Gasteiger partial charge in [-0.05, 0) is 0 Å². The van der Waals surface area contributed by atoms with Crippen LogP contribution in [-0.2, 0) is 54.3 Å². The fraction of sp³-hybridized carbons (Fsp3) is 0.600. The molecule has 0 aromatic carbocycles. The molecule has 12 heteroatoms. The Morgan fingerprint density at radius 2 is 0.882 bits per heavy atom. The quantitative estimate of drug-likeness (QED) is 0.491. The summed E-state index contributed by atoms with van der Waals surface area (Å²) in [6.07, 6.45) is 0. The van der Waals surface area contributed by atoms with Crippen molar-refractivity contribution >= 4 is 11.9 Å². The summed E-state index contributed by atoms with van der Waals surface area (Å²) >= 11 is 0. The van der Waals surface area contributed by atoms with Gasteiger partial charge in [0.1, 0.15) is 0 Å². The molecule has 0 saturated carbocycles. The smallest absolute Gasteiger partial charge is 0.411 e. The van der Waals surface area contributed by atoms with Gasteiger partial charge in [0, 0.05) is 44.8 Å². The average Bonchev–Trinajstić information content (AvgIpc) is 2.02. The van der Waals surface area contributed by atoms with Crippen molar-refractivity contribution in [1.29, 1.82) is 0 Å². The number of carboxylic acid groups (broad SMARTS) is 2. The third-order valence-electron chi connectivity index (χ3n) is 1.33. The van der Waals surface area contributed by atoms with E-state index in [1.54, 1.807) is 0 Å². The third kappa shape index (κ3) is 3.48. The molecule has 0 amide bonds. The van der Waals surface area contributed by atoms with E-state index in [1.165, 1.54) is 0 Å². The summed E-state index contributed by atoms with van der Waals surface area (Å²) in [6, 6.07) is 0. The summed E-state index contributed by atoms with van der Waals surface area (Å²) in [5.74, 6) is -26.0. The van der Waals surface area contributed by atoms with Crippen LogP contribution in [0.5, 0.6) is 0 Å². The van der Waals surface area contributed by atoms with Crippen molar-refractivity contribution < 1.29 is 90.9 Å². The van der Waals surface area contributed by atoms with E-state index in [2.05, 4.69) is 0 Å². The Bertz CT molecular complexity index is 279. The summed E-state index contributed by atoms with van der Waals surface area (Å²) < 4.78 is 72.8. The maximum atomic E-state index is 12.2. The van der Waals surface area contributed by atoms with Crippen LogP contribution in [0.15, 0.2) is 0 Å². The Hall–Kier alpha value is 0.000519. The Morgan fingerprint density at radius 1 is 0.706 bits per heavy atom. The van der Waals surface area contributed by atoms with Crippen molar-refractivity contribution in [1.82, 2.24) is 0 Å². The van der Waals surface area contributed by atoms with Crippen molar-refractivity contribution in [3.63, 3.8) is 0 Å². The van der Waals surface area contributed by atoms with Crippen LogP contribution in [0.1, 0.15) is 0 Å². The molecule has 0 bridgehead atoms. The van der Waals surface area contributed by atoms with E-state index in [1.807, 2.05) is 0 Å². The molecule has 0 aliphatic rings. The third-order valence-corrected chi connectivity index (χ3v) is 1.33. The van der Waals surface area contributed by atoms with E-state index in [0.29, 0.717) is 0 Å². The monoisotopic (exact) mass is 454 g/mol. The van der Waals surface area contributed by atoms with Crippen molar-refractivity contribution in [2.45, 2.75) is 17.8 Å². The van der Waals surface area contributed by atoms with Gasteiger partial charge in [-0.1, -0.05) is 0 Å². The molecule has 110 valence electrons. The summed E-state index contributed by atoms with van der Waals surface area (Å²) in [4.78, 5) is 19.2. The molecule has 2 N–H and O–H groups in total. The van der Waals surface area contributed by atoms with Gasteiger partial charge in [-0.25, -0.2) is 9.59 Å². The Morgan fingerprint density at radius 3 is 1.00 bits per heavy atom. The number of carboxylic acids is 2. The van der Waals surface area contributed by atoms with E-state index in [4.69, 9.17) is 10.2 Å². The van der Waals surface area contributed by atoms with Crippen LogP contribution in [0.2, 0.25) is 0 Å². The second-order valence-corrected chi connectivity index (χ2v) is 2.33. The van der Waals surface area contributed by atoms with E-state index < -0.39 is 29.7 Å². The summed E-state index contributed by atoms with van der Waals surface area (Å²) in [7, 11) is 0.